The number of aromatic nitrogens is 1. The largest absolute Gasteiger partial charge is 0.373 e. The van der Waals surface area contributed by atoms with Crippen molar-refractivity contribution in [1.29, 1.82) is 0 Å². The van der Waals surface area contributed by atoms with E-state index in [-0.39, 0.29) is 23.8 Å². The van der Waals surface area contributed by atoms with E-state index in [0.717, 1.165) is 31.4 Å². The number of carbonyl (C=O) groups is 1. The standard InChI is InChI=1S/C20H25NO.2CO2/c1-16(2)19(22)20(13-7-4-8-14-20)21-15-9-12-18(21)17-10-5-3-6-11-17;2*2-1-3/h3,5-6,9-12,15-16H,4,7-8,13-14H2,1-2H3;;. The highest BCUT2D eigenvalue weighted by molar-refractivity contribution is 5.89. The Morgan fingerprint density at radius 1 is 0.893 bits per heavy atom. The molecule has 0 N–H and O–H groups in total. The molecular formula is C22H25NO5. The van der Waals surface area contributed by atoms with E-state index in [1.54, 1.807) is 0 Å². The van der Waals surface area contributed by atoms with Crippen LogP contribution in [0.1, 0.15) is 46.0 Å². The Morgan fingerprint density at radius 3 is 1.93 bits per heavy atom. The van der Waals surface area contributed by atoms with Gasteiger partial charge in [0, 0.05) is 17.8 Å². The van der Waals surface area contributed by atoms with Gasteiger partial charge >= 0.3 is 12.3 Å². The molecule has 1 heterocycles. The molecule has 0 bridgehead atoms. The molecule has 0 unspecified atom stereocenters. The van der Waals surface area contributed by atoms with Gasteiger partial charge in [-0.1, -0.05) is 63.4 Å². The number of benzene rings is 1. The summed E-state index contributed by atoms with van der Waals surface area (Å²) >= 11 is 0. The van der Waals surface area contributed by atoms with Crippen molar-refractivity contribution in [3.05, 3.63) is 48.7 Å². The first kappa shape index (κ1) is 23.0. The molecule has 1 fully saturated rings. The number of ketones is 1. The van der Waals surface area contributed by atoms with Crippen molar-refractivity contribution in [2.24, 2.45) is 5.92 Å². The summed E-state index contributed by atoms with van der Waals surface area (Å²) in [7, 11) is 0. The first-order valence-corrected chi connectivity index (χ1v) is 9.24. The summed E-state index contributed by atoms with van der Waals surface area (Å²) in [6, 6.07) is 14.6. The zero-order valence-electron chi connectivity index (χ0n) is 16.2. The Morgan fingerprint density at radius 2 is 1.43 bits per heavy atom. The zero-order chi connectivity index (χ0) is 21.0. The van der Waals surface area contributed by atoms with Crippen LogP contribution in [-0.4, -0.2) is 22.7 Å². The van der Waals surface area contributed by atoms with Gasteiger partial charge in [-0.05, 0) is 30.5 Å². The molecule has 1 aliphatic carbocycles. The minimum Gasteiger partial charge on any atom is -0.334 e. The monoisotopic (exact) mass is 383 g/mol. The fourth-order valence-electron chi connectivity index (χ4n) is 3.88. The van der Waals surface area contributed by atoms with Crippen molar-refractivity contribution in [3.8, 4) is 11.3 Å². The third-order valence-electron chi connectivity index (χ3n) is 4.94. The summed E-state index contributed by atoms with van der Waals surface area (Å²) in [5.74, 6) is 0.463. The van der Waals surface area contributed by atoms with Crippen molar-refractivity contribution in [2.45, 2.75) is 51.5 Å². The molecule has 0 spiro atoms. The van der Waals surface area contributed by atoms with Crippen molar-refractivity contribution >= 4 is 18.1 Å². The van der Waals surface area contributed by atoms with Crippen LogP contribution in [0.4, 0.5) is 0 Å². The maximum absolute atomic E-state index is 13.1. The zero-order valence-corrected chi connectivity index (χ0v) is 16.2. The van der Waals surface area contributed by atoms with Crippen LogP contribution in [0.2, 0.25) is 0 Å². The molecule has 3 rings (SSSR count). The second kappa shape index (κ2) is 11.6. The average molecular weight is 383 g/mol. The van der Waals surface area contributed by atoms with Gasteiger partial charge in [0.25, 0.3) is 0 Å². The summed E-state index contributed by atoms with van der Waals surface area (Å²) in [5, 5.41) is 0. The average Bonchev–Trinajstić information content (AvgIpc) is 3.20. The van der Waals surface area contributed by atoms with Gasteiger partial charge in [-0.3, -0.25) is 4.79 Å². The number of Topliss-reactive ketones (excluding diaryl/α,β-unsaturated/α-hetero) is 1. The molecule has 1 aliphatic rings. The Labute approximate surface area is 164 Å². The molecular weight excluding hydrogens is 358 g/mol. The van der Waals surface area contributed by atoms with E-state index in [2.05, 4.69) is 47.2 Å². The van der Waals surface area contributed by atoms with Crippen LogP contribution < -0.4 is 0 Å². The first-order chi connectivity index (χ1) is 13.5. The van der Waals surface area contributed by atoms with Gasteiger partial charge in [0.05, 0.1) is 0 Å². The number of nitrogens with zero attached hydrogens (tertiary/aromatic N) is 1. The number of carbonyl (C=O) groups excluding carboxylic acids is 5. The third-order valence-corrected chi connectivity index (χ3v) is 4.94. The molecule has 0 saturated heterocycles. The van der Waals surface area contributed by atoms with Crippen LogP contribution >= 0.6 is 0 Å². The summed E-state index contributed by atoms with van der Waals surface area (Å²) in [5.41, 5.74) is 2.01. The lowest BCUT2D eigenvalue weighted by molar-refractivity contribution is -0.193. The molecule has 2 aromatic rings. The Hall–Kier alpha value is -3.07. The van der Waals surface area contributed by atoms with E-state index in [0.29, 0.717) is 5.78 Å². The SMILES string of the molecule is CC(C)C(=O)C1(n2cccc2-c2ccccc2)CCCCC1.O=C=O.O=C=O. The Bertz CT molecular complexity index is 792. The minimum atomic E-state index is -0.346. The summed E-state index contributed by atoms with van der Waals surface area (Å²) in [6.07, 6.45) is 8.08. The fraction of sp³-hybridized carbons (Fsp3) is 0.409. The van der Waals surface area contributed by atoms with Crippen molar-refractivity contribution in [1.82, 2.24) is 4.57 Å². The molecule has 1 aromatic heterocycles. The van der Waals surface area contributed by atoms with E-state index in [9.17, 15) is 4.79 Å². The Kier molecular flexibility index (Phi) is 9.52. The van der Waals surface area contributed by atoms with Crippen molar-refractivity contribution in [2.75, 3.05) is 0 Å². The van der Waals surface area contributed by atoms with Crippen molar-refractivity contribution < 1.29 is 24.0 Å². The minimum absolute atomic E-state index is 0.0733. The normalized spacial score (nSPS) is 14.4. The van der Waals surface area contributed by atoms with Crippen molar-refractivity contribution in [3.63, 3.8) is 0 Å². The van der Waals surface area contributed by atoms with E-state index >= 15 is 0 Å². The molecule has 6 nitrogen and oxygen atoms in total. The second-order valence-electron chi connectivity index (χ2n) is 6.91. The molecule has 0 radical (unpaired) electrons. The lowest BCUT2D eigenvalue weighted by Crippen LogP contribution is -2.45. The van der Waals surface area contributed by atoms with Gasteiger partial charge in [0.15, 0.2) is 5.78 Å². The molecule has 148 valence electrons. The number of hydrogen-bond acceptors (Lipinski definition) is 5. The maximum Gasteiger partial charge on any atom is 0.373 e. The van der Waals surface area contributed by atoms with Crippen LogP contribution in [0.25, 0.3) is 11.3 Å². The van der Waals surface area contributed by atoms with Gasteiger partial charge in [-0.2, -0.15) is 19.2 Å². The quantitative estimate of drug-likeness (QED) is 0.799. The summed E-state index contributed by atoms with van der Waals surface area (Å²) in [6.45, 7) is 4.06. The van der Waals surface area contributed by atoms with Crippen LogP contribution in [-0.2, 0) is 29.5 Å². The molecule has 0 atom stereocenters. The molecule has 6 heteroatoms. The lowest BCUT2D eigenvalue weighted by Gasteiger charge is -2.40. The smallest absolute Gasteiger partial charge is 0.334 e. The van der Waals surface area contributed by atoms with E-state index in [1.165, 1.54) is 12.0 Å². The number of rotatable bonds is 4. The second-order valence-corrected chi connectivity index (χ2v) is 6.91. The third kappa shape index (κ3) is 5.46. The van der Waals surface area contributed by atoms with Crippen LogP contribution in [0.5, 0.6) is 0 Å². The predicted molar refractivity (Wildman–Crippen MR) is 101 cm³/mol. The van der Waals surface area contributed by atoms with Crippen LogP contribution in [0.15, 0.2) is 48.7 Å². The summed E-state index contributed by atoms with van der Waals surface area (Å²) < 4.78 is 2.27. The molecule has 1 saturated carbocycles. The highest BCUT2D eigenvalue weighted by Crippen LogP contribution is 2.40. The van der Waals surface area contributed by atoms with Crippen LogP contribution in [0, 0.1) is 5.92 Å². The topological polar surface area (TPSA) is 90.3 Å². The highest BCUT2D eigenvalue weighted by atomic mass is 16.2. The van der Waals surface area contributed by atoms with E-state index in [1.807, 2.05) is 19.9 Å². The van der Waals surface area contributed by atoms with Gasteiger partial charge in [-0.15, -0.1) is 0 Å². The number of hydrogen-bond donors (Lipinski definition) is 0. The van der Waals surface area contributed by atoms with Gasteiger partial charge in [0.2, 0.25) is 0 Å². The lowest BCUT2D eigenvalue weighted by atomic mass is 9.75. The molecule has 1 aromatic carbocycles. The molecule has 0 aliphatic heterocycles. The maximum atomic E-state index is 13.1. The van der Waals surface area contributed by atoms with Gasteiger partial charge in [0.1, 0.15) is 5.54 Å². The van der Waals surface area contributed by atoms with Gasteiger partial charge in [-0.25, -0.2) is 0 Å². The van der Waals surface area contributed by atoms with Gasteiger partial charge < -0.3 is 4.57 Å². The van der Waals surface area contributed by atoms with E-state index in [4.69, 9.17) is 19.2 Å². The molecule has 0 amide bonds. The molecule has 28 heavy (non-hydrogen) atoms. The van der Waals surface area contributed by atoms with Crippen LogP contribution in [0.3, 0.4) is 0 Å². The van der Waals surface area contributed by atoms with E-state index < -0.39 is 0 Å². The highest BCUT2D eigenvalue weighted by Gasteiger charge is 2.42. The fourth-order valence-corrected chi connectivity index (χ4v) is 3.88. The first-order valence-electron chi connectivity index (χ1n) is 9.24. The predicted octanol–water partition coefficient (Wildman–Crippen LogP) is 3.87. The summed E-state index contributed by atoms with van der Waals surface area (Å²) in [4.78, 5) is 45.6. The Balaban J connectivity index is 0.000000582.